The van der Waals surface area contributed by atoms with Gasteiger partial charge in [0.2, 0.25) is 5.91 Å². The second-order valence-electron chi connectivity index (χ2n) is 7.47. The van der Waals surface area contributed by atoms with Crippen LogP contribution in [0.1, 0.15) is 27.7 Å². The van der Waals surface area contributed by atoms with Gasteiger partial charge in [-0.05, 0) is 62.7 Å². The number of amides is 1. The van der Waals surface area contributed by atoms with Crippen LogP contribution in [0, 0.1) is 13.8 Å². The number of ether oxygens (including phenoxy) is 1. The van der Waals surface area contributed by atoms with Crippen molar-refractivity contribution in [2.75, 3.05) is 17.7 Å². The molecule has 0 spiro atoms. The van der Waals surface area contributed by atoms with E-state index in [9.17, 15) is 14.4 Å². The standard InChI is InChI=1S/C25H23N3O4S2/c1-4-32-24(31)17-10-12-18(13-11-17)26-20(29)14-33-25-27-22-21(15(2)16(3)34-22)23(30)28(25)19-8-6-5-7-9-19/h5-13H,4,14H2,1-3H3,(H,26,29). The highest BCUT2D eigenvalue weighted by atomic mass is 32.2. The van der Waals surface area contributed by atoms with Crippen molar-refractivity contribution < 1.29 is 14.3 Å². The maximum absolute atomic E-state index is 13.4. The SMILES string of the molecule is CCOC(=O)c1ccc(NC(=O)CSc2nc3sc(C)c(C)c3c(=O)n2-c2ccccc2)cc1. The van der Waals surface area contributed by atoms with Gasteiger partial charge in [-0.15, -0.1) is 11.3 Å². The van der Waals surface area contributed by atoms with Crippen molar-refractivity contribution >= 4 is 50.9 Å². The Morgan fingerprint density at radius 3 is 2.47 bits per heavy atom. The van der Waals surface area contributed by atoms with Gasteiger partial charge in [-0.25, -0.2) is 9.78 Å². The molecule has 0 radical (unpaired) electrons. The van der Waals surface area contributed by atoms with E-state index < -0.39 is 5.97 Å². The summed E-state index contributed by atoms with van der Waals surface area (Å²) >= 11 is 2.68. The van der Waals surface area contributed by atoms with Crippen LogP contribution in [-0.2, 0) is 9.53 Å². The van der Waals surface area contributed by atoms with E-state index in [1.165, 1.54) is 23.1 Å². The van der Waals surface area contributed by atoms with Gasteiger partial charge < -0.3 is 10.1 Å². The third-order valence-electron chi connectivity index (χ3n) is 5.20. The van der Waals surface area contributed by atoms with E-state index in [1.54, 1.807) is 35.8 Å². The molecule has 0 bridgehead atoms. The van der Waals surface area contributed by atoms with Crippen LogP contribution < -0.4 is 10.9 Å². The lowest BCUT2D eigenvalue weighted by Crippen LogP contribution is -2.22. The number of para-hydroxylation sites is 1. The molecule has 0 unspecified atom stereocenters. The van der Waals surface area contributed by atoms with Gasteiger partial charge in [-0.3, -0.25) is 14.2 Å². The minimum absolute atomic E-state index is 0.0632. The number of hydrogen-bond acceptors (Lipinski definition) is 7. The fraction of sp³-hybridized carbons (Fsp3) is 0.200. The Morgan fingerprint density at radius 1 is 1.09 bits per heavy atom. The molecule has 9 heteroatoms. The van der Waals surface area contributed by atoms with E-state index in [0.29, 0.717) is 38.9 Å². The van der Waals surface area contributed by atoms with Crippen LogP contribution in [0.2, 0.25) is 0 Å². The molecule has 0 fully saturated rings. The van der Waals surface area contributed by atoms with Gasteiger partial charge in [0, 0.05) is 10.6 Å². The number of esters is 1. The Kier molecular flexibility index (Phi) is 7.14. The number of carbonyl (C=O) groups excluding carboxylic acids is 2. The van der Waals surface area contributed by atoms with E-state index in [-0.39, 0.29) is 17.2 Å². The first-order valence-corrected chi connectivity index (χ1v) is 12.5. The molecule has 0 aliphatic carbocycles. The lowest BCUT2D eigenvalue weighted by molar-refractivity contribution is -0.113. The second kappa shape index (κ2) is 10.2. The number of carbonyl (C=O) groups is 2. The second-order valence-corrected chi connectivity index (χ2v) is 9.61. The first-order valence-electron chi connectivity index (χ1n) is 10.7. The summed E-state index contributed by atoms with van der Waals surface area (Å²) in [5, 5.41) is 3.88. The number of thioether (sulfide) groups is 1. The van der Waals surface area contributed by atoms with E-state index >= 15 is 0 Å². The molecule has 2 heterocycles. The fourth-order valence-electron chi connectivity index (χ4n) is 3.41. The summed E-state index contributed by atoms with van der Waals surface area (Å²) in [6.07, 6.45) is 0. The topological polar surface area (TPSA) is 90.3 Å². The number of benzene rings is 2. The maximum atomic E-state index is 13.4. The summed E-state index contributed by atoms with van der Waals surface area (Å²) < 4.78 is 6.53. The van der Waals surface area contributed by atoms with Crippen molar-refractivity contribution in [3.8, 4) is 5.69 Å². The molecule has 34 heavy (non-hydrogen) atoms. The number of anilines is 1. The highest BCUT2D eigenvalue weighted by molar-refractivity contribution is 7.99. The van der Waals surface area contributed by atoms with Crippen LogP contribution in [0.4, 0.5) is 5.69 Å². The van der Waals surface area contributed by atoms with Gasteiger partial charge in [0.05, 0.1) is 29.0 Å². The molecule has 0 aliphatic heterocycles. The van der Waals surface area contributed by atoms with Crippen LogP contribution in [0.5, 0.6) is 0 Å². The van der Waals surface area contributed by atoms with Crippen LogP contribution in [-0.4, -0.2) is 33.8 Å². The molecule has 4 aromatic rings. The third kappa shape index (κ3) is 4.90. The van der Waals surface area contributed by atoms with E-state index in [0.717, 1.165) is 10.4 Å². The van der Waals surface area contributed by atoms with E-state index in [1.807, 2.05) is 44.2 Å². The van der Waals surface area contributed by atoms with Gasteiger partial charge in [-0.1, -0.05) is 30.0 Å². The molecule has 4 rings (SSSR count). The minimum atomic E-state index is -0.407. The predicted octanol–water partition coefficient (Wildman–Crippen LogP) is 4.97. The van der Waals surface area contributed by atoms with Crippen molar-refractivity contribution in [2.45, 2.75) is 25.9 Å². The van der Waals surface area contributed by atoms with E-state index in [4.69, 9.17) is 9.72 Å². The normalized spacial score (nSPS) is 10.9. The zero-order valence-electron chi connectivity index (χ0n) is 19.0. The lowest BCUT2D eigenvalue weighted by atomic mass is 10.2. The molecule has 2 aromatic heterocycles. The Hall–Kier alpha value is -3.43. The van der Waals surface area contributed by atoms with Crippen LogP contribution in [0.25, 0.3) is 15.9 Å². The van der Waals surface area contributed by atoms with Crippen molar-refractivity contribution in [3.05, 3.63) is 81.0 Å². The number of rotatable bonds is 7. The number of fused-ring (bicyclic) bond motifs is 1. The maximum Gasteiger partial charge on any atom is 0.338 e. The van der Waals surface area contributed by atoms with Crippen LogP contribution in [0.3, 0.4) is 0 Å². The Morgan fingerprint density at radius 2 is 1.79 bits per heavy atom. The molecular weight excluding hydrogens is 470 g/mol. The molecule has 0 saturated heterocycles. The van der Waals surface area contributed by atoms with Gasteiger partial charge >= 0.3 is 5.97 Å². The first kappa shape index (κ1) is 23.7. The van der Waals surface area contributed by atoms with Gasteiger partial charge in [0.1, 0.15) is 4.83 Å². The Bertz CT molecular complexity index is 1410. The third-order valence-corrected chi connectivity index (χ3v) is 7.24. The number of aromatic nitrogens is 2. The Labute approximate surface area is 204 Å². The zero-order chi connectivity index (χ0) is 24.2. The highest BCUT2D eigenvalue weighted by Crippen LogP contribution is 2.29. The van der Waals surface area contributed by atoms with Crippen LogP contribution in [0.15, 0.2) is 64.5 Å². The summed E-state index contributed by atoms with van der Waals surface area (Å²) in [6.45, 7) is 5.95. The largest absolute Gasteiger partial charge is 0.462 e. The summed E-state index contributed by atoms with van der Waals surface area (Å²) in [7, 11) is 0. The predicted molar refractivity (Wildman–Crippen MR) is 136 cm³/mol. The minimum Gasteiger partial charge on any atom is -0.462 e. The molecule has 174 valence electrons. The van der Waals surface area contributed by atoms with Gasteiger partial charge in [0.15, 0.2) is 5.16 Å². The van der Waals surface area contributed by atoms with Crippen molar-refractivity contribution in [3.63, 3.8) is 0 Å². The van der Waals surface area contributed by atoms with Gasteiger partial charge in [-0.2, -0.15) is 0 Å². The number of hydrogen-bond donors (Lipinski definition) is 1. The summed E-state index contributed by atoms with van der Waals surface area (Å²) in [5.41, 5.74) is 2.47. The van der Waals surface area contributed by atoms with Crippen molar-refractivity contribution in [1.29, 1.82) is 0 Å². The fourth-order valence-corrected chi connectivity index (χ4v) is 5.29. The molecule has 1 N–H and O–H groups in total. The first-order chi connectivity index (χ1) is 16.4. The number of thiophene rings is 1. The number of aryl methyl sites for hydroxylation is 2. The number of nitrogens with zero attached hydrogens (tertiary/aromatic N) is 2. The lowest BCUT2D eigenvalue weighted by Gasteiger charge is -2.12. The summed E-state index contributed by atoms with van der Waals surface area (Å²) in [6, 6.07) is 15.8. The average Bonchev–Trinajstić information content (AvgIpc) is 3.12. The highest BCUT2D eigenvalue weighted by Gasteiger charge is 2.19. The quantitative estimate of drug-likeness (QED) is 0.222. The van der Waals surface area contributed by atoms with Crippen LogP contribution >= 0.6 is 23.1 Å². The zero-order valence-corrected chi connectivity index (χ0v) is 20.6. The van der Waals surface area contributed by atoms with Crippen molar-refractivity contribution in [1.82, 2.24) is 9.55 Å². The molecular formula is C25H23N3O4S2. The molecule has 0 saturated carbocycles. The number of nitrogens with one attached hydrogen (secondary N) is 1. The molecule has 1 amide bonds. The molecule has 2 aromatic carbocycles. The molecule has 0 atom stereocenters. The molecule has 7 nitrogen and oxygen atoms in total. The van der Waals surface area contributed by atoms with E-state index in [2.05, 4.69) is 5.32 Å². The monoisotopic (exact) mass is 493 g/mol. The smallest absolute Gasteiger partial charge is 0.338 e. The van der Waals surface area contributed by atoms with Crippen molar-refractivity contribution in [2.24, 2.45) is 0 Å². The average molecular weight is 494 g/mol. The Balaban J connectivity index is 1.57. The summed E-state index contributed by atoms with van der Waals surface area (Å²) in [5.74, 6) is -0.593. The van der Waals surface area contributed by atoms with Gasteiger partial charge in [0.25, 0.3) is 5.56 Å². The summed E-state index contributed by atoms with van der Waals surface area (Å²) in [4.78, 5) is 44.3. The molecule has 0 aliphatic rings.